The Morgan fingerprint density at radius 2 is 2.05 bits per heavy atom. The van der Waals surface area contributed by atoms with Crippen LogP contribution in [0.15, 0.2) is 42.5 Å². The predicted molar refractivity (Wildman–Crippen MR) is 78.1 cm³/mol. The molecule has 104 valence electrons. The van der Waals surface area contributed by atoms with Gasteiger partial charge in [0.05, 0.1) is 6.10 Å². The highest BCUT2D eigenvalue weighted by Crippen LogP contribution is 2.31. The number of benzene rings is 2. The van der Waals surface area contributed by atoms with E-state index in [1.165, 1.54) is 12.1 Å². The van der Waals surface area contributed by atoms with Crippen molar-refractivity contribution >= 4 is 11.4 Å². The lowest BCUT2D eigenvalue weighted by molar-refractivity contribution is 0.184. The molecule has 2 aromatic rings. The van der Waals surface area contributed by atoms with E-state index in [9.17, 15) is 9.50 Å². The number of anilines is 2. The lowest BCUT2D eigenvalue weighted by atomic mass is 10.1. The molecule has 1 unspecified atom stereocenters. The molecule has 0 spiro atoms. The van der Waals surface area contributed by atoms with Gasteiger partial charge < -0.3 is 15.7 Å². The summed E-state index contributed by atoms with van der Waals surface area (Å²) in [6.45, 7) is 1.22. The minimum atomic E-state index is -0.676. The second kappa shape index (κ2) is 5.13. The Kier molecular flexibility index (Phi) is 3.32. The summed E-state index contributed by atoms with van der Waals surface area (Å²) < 4.78 is 13.4. The van der Waals surface area contributed by atoms with E-state index in [1.807, 2.05) is 29.2 Å². The molecule has 1 aliphatic heterocycles. The molecule has 4 heteroatoms. The number of nitrogen functional groups attached to an aromatic ring is 1. The molecule has 2 aromatic carbocycles. The molecule has 0 fully saturated rings. The zero-order valence-electron chi connectivity index (χ0n) is 11.1. The van der Waals surface area contributed by atoms with Crippen LogP contribution in [-0.2, 0) is 6.42 Å². The molecule has 3 rings (SSSR count). The molecule has 1 aliphatic rings. The van der Waals surface area contributed by atoms with Crippen molar-refractivity contribution in [3.05, 3.63) is 59.4 Å². The number of aliphatic hydroxyl groups excluding tert-OH is 1. The minimum Gasteiger partial charge on any atom is -0.398 e. The van der Waals surface area contributed by atoms with E-state index < -0.39 is 6.10 Å². The zero-order valence-corrected chi connectivity index (χ0v) is 11.1. The van der Waals surface area contributed by atoms with Gasteiger partial charge in [-0.05, 0) is 30.2 Å². The highest BCUT2D eigenvalue weighted by Gasteiger charge is 2.23. The van der Waals surface area contributed by atoms with Crippen LogP contribution in [0, 0.1) is 5.82 Å². The average Bonchev–Trinajstić information content (AvgIpc) is 2.82. The van der Waals surface area contributed by atoms with Crippen LogP contribution in [-0.4, -0.2) is 18.2 Å². The third-order valence-electron chi connectivity index (χ3n) is 3.79. The van der Waals surface area contributed by atoms with E-state index in [-0.39, 0.29) is 5.82 Å². The molecule has 3 N–H and O–H groups in total. The maximum absolute atomic E-state index is 13.4. The quantitative estimate of drug-likeness (QED) is 0.844. The highest BCUT2D eigenvalue weighted by atomic mass is 19.1. The van der Waals surface area contributed by atoms with Gasteiger partial charge in [-0.1, -0.05) is 24.3 Å². The maximum Gasteiger partial charge on any atom is 0.125 e. The summed E-state index contributed by atoms with van der Waals surface area (Å²) in [7, 11) is 0. The number of nitrogens with two attached hydrogens (primary N) is 1. The van der Waals surface area contributed by atoms with Crippen molar-refractivity contribution in [2.24, 2.45) is 0 Å². The van der Waals surface area contributed by atoms with Crippen LogP contribution in [0.4, 0.5) is 15.8 Å². The number of rotatable bonds is 3. The fourth-order valence-electron chi connectivity index (χ4n) is 2.73. The standard InChI is InChI=1S/C16H17FN2O/c17-12-6-5-11-7-8-19(15(11)9-12)10-16(20)13-3-1-2-4-14(13)18/h1-6,9,16,20H,7-8,10,18H2. The fraction of sp³-hybridized carbons (Fsp3) is 0.250. The third kappa shape index (κ3) is 2.34. The van der Waals surface area contributed by atoms with Gasteiger partial charge in [0, 0.05) is 30.0 Å². The van der Waals surface area contributed by atoms with Crippen molar-refractivity contribution in [2.45, 2.75) is 12.5 Å². The van der Waals surface area contributed by atoms with E-state index in [1.54, 1.807) is 6.07 Å². The zero-order chi connectivity index (χ0) is 14.1. The summed E-state index contributed by atoms with van der Waals surface area (Å²) in [4.78, 5) is 2.01. The molecule has 20 heavy (non-hydrogen) atoms. The number of aliphatic hydroxyl groups is 1. The summed E-state index contributed by atoms with van der Waals surface area (Å²) in [5, 5.41) is 10.3. The molecule has 1 heterocycles. The number of nitrogens with zero attached hydrogens (tertiary/aromatic N) is 1. The first kappa shape index (κ1) is 12.9. The third-order valence-corrected chi connectivity index (χ3v) is 3.79. The van der Waals surface area contributed by atoms with Crippen LogP contribution in [0.3, 0.4) is 0 Å². The van der Waals surface area contributed by atoms with Gasteiger partial charge in [-0.3, -0.25) is 0 Å². The molecule has 1 atom stereocenters. The SMILES string of the molecule is Nc1ccccc1C(O)CN1CCc2ccc(F)cc21. The Labute approximate surface area is 117 Å². The normalized spacial score (nSPS) is 15.2. The lowest BCUT2D eigenvalue weighted by Gasteiger charge is -2.23. The molecule has 0 aromatic heterocycles. The Morgan fingerprint density at radius 1 is 1.25 bits per heavy atom. The average molecular weight is 272 g/mol. The molecule has 0 saturated carbocycles. The van der Waals surface area contributed by atoms with E-state index in [2.05, 4.69) is 0 Å². The first-order valence-corrected chi connectivity index (χ1v) is 6.71. The van der Waals surface area contributed by atoms with Crippen LogP contribution < -0.4 is 10.6 Å². The number of hydrogen-bond donors (Lipinski definition) is 2. The number of β-amino-alcohol motifs (C(OH)–C–C–N with tert-alkyl or cyclic N) is 1. The molecule has 0 radical (unpaired) electrons. The Balaban J connectivity index is 1.80. The van der Waals surface area contributed by atoms with E-state index in [4.69, 9.17) is 5.73 Å². The van der Waals surface area contributed by atoms with Crippen LogP contribution in [0.2, 0.25) is 0 Å². The van der Waals surface area contributed by atoms with Crippen molar-refractivity contribution in [2.75, 3.05) is 23.7 Å². The molecular formula is C16H17FN2O. The molecular weight excluding hydrogens is 255 g/mol. The molecule has 0 bridgehead atoms. The first-order valence-electron chi connectivity index (χ1n) is 6.71. The predicted octanol–water partition coefficient (Wildman–Crippen LogP) is 2.50. The van der Waals surface area contributed by atoms with Gasteiger partial charge in [0.15, 0.2) is 0 Å². The molecule has 0 saturated heterocycles. The summed E-state index contributed by atoms with van der Waals surface area (Å²) in [5.41, 5.74) is 9.18. The van der Waals surface area contributed by atoms with Crippen LogP contribution >= 0.6 is 0 Å². The highest BCUT2D eigenvalue weighted by molar-refractivity contribution is 5.58. The minimum absolute atomic E-state index is 0.246. The summed E-state index contributed by atoms with van der Waals surface area (Å²) in [5.74, 6) is -0.246. The Bertz CT molecular complexity index is 630. The van der Waals surface area contributed by atoms with Gasteiger partial charge in [0.1, 0.15) is 5.82 Å². The lowest BCUT2D eigenvalue weighted by Crippen LogP contribution is -2.27. The number of fused-ring (bicyclic) bond motifs is 1. The Morgan fingerprint density at radius 3 is 2.85 bits per heavy atom. The van der Waals surface area contributed by atoms with E-state index >= 15 is 0 Å². The largest absolute Gasteiger partial charge is 0.398 e. The summed E-state index contributed by atoms with van der Waals surface area (Å²) in [6.07, 6.45) is 0.206. The smallest absolute Gasteiger partial charge is 0.125 e. The van der Waals surface area contributed by atoms with Crippen LogP contribution in [0.5, 0.6) is 0 Å². The first-order chi connectivity index (χ1) is 9.65. The van der Waals surface area contributed by atoms with Crippen molar-refractivity contribution in [3.8, 4) is 0 Å². The van der Waals surface area contributed by atoms with Gasteiger partial charge in [-0.15, -0.1) is 0 Å². The summed E-state index contributed by atoms with van der Waals surface area (Å²) >= 11 is 0. The maximum atomic E-state index is 13.4. The van der Waals surface area contributed by atoms with E-state index in [0.29, 0.717) is 12.2 Å². The topological polar surface area (TPSA) is 49.5 Å². The van der Waals surface area contributed by atoms with Crippen LogP contribution in [0.1, 0.15) is 17.2 Å². The summed E-state index contributed by atoms with van der Waals surface area (Å²) in [6, 6.07) is 12.1. The van der Waals surface area contributed by atoms with Crippen molar-refractivity contribution < 1.29 is 9.50 Å². The Hall–Kier alpha value is -2.07. The second-order valence-corrected chi connectivity index (χ2v) is 5.11. The van der Waals surface area contributed by atoms with Crippen molar-refractivity contribution in [1.82, 2.24) is 0 Å². The van der Waals surface area contributed by atoms with Gasteiger partial charge in [0.25, 0.3) is 0 Å². The van der Waals surface area contributed by atoms with E-state index in [0.717, 1.165) is 29.8 Å². The van der Waals surface area contributed by atoms with Crippen molar-refractivity contribution in [3.63, 3.8) is 0 Å². The van der Waals surface area contributed by atoms with Gasteiger partial charge >= 0.3 is 0 Å². The number of halogens is 1. The fourth-order valence-corrected chi connectivity index (χ4v) is 2.73. The van der Waals surface area contributed by atoms with Gasteiger partial charge in [-0.2, -0.15) is 0 Å². The molecule has 0 aliphatic carbocycles. The molecule has 0 amide bonds. The number of para-hydroxylation sites is 1. The van der Waals surface area contributed by atoms with Crippen LogP contribution in [0.25, 0.3) is 0 Å². The monoisotopic (exact) mass is 272 g/mol. The van der Waals surface area contributed by atoms with Gasteiger partial charge in [0.2, 0.25) is 0 Å². The molecule has 3 nitrogen and oxygen atoms in total. The second-order valence-electron chi connectivity index (χ2n) is 5.11. The van der Waals surface area contributed by atoms with Gasteiger partial charge in [-0.25, -0.2) is 4.39 Å². The van der Waals surface area contributed by atoms with Crippen molar-refractivity contribution in [1.29, 1.82) is 0 Å². The number of hydrogen-bond acceptors (Lipinski definition) is 3.